The van der Waals surface area contributed by atoms with Crippen molar-refractivity contribution in [2.24, 2.45) is 4.99 Å². The molecule has 0 amide bonds. The van der Waals surface area contributed by atoms with Gasteiger partial charge in [0, 0.05) is 26.6 Å². The smallest absolute Gasteiger partial charge is 0.191 e. The van der Waals surface area contributed by atoms with Crippen molar-refractivity contribution in [2.75, 3.05) is 26.8 Å². The Morgan fingerprint density at radius 2 is 1.93 bits per heavy atom. The molecular formula is C20H32N6O2. The maximum absolute atomic E-state index is 5.73. The molecule has 1 atom stereocenters. The average molecular weight is 389 g/mol. The summed E-state index contributed by atoms with van der Waals surface area (Å²) in [5.74, 6) is 3.25. The Hall–Kier alpha value is -2.77. The molecule has 154 valence electrons. The molecule has 2 aromatic rings. The van der Waals surface area contributed by atoms with Crippen LogP contribution in [-0.4, -0.2) is 47.5 Å². The maximum Gasteiger partial charge on any atom is 0.191 e. The zero-order chi connectivity index (χ0) is 20.4. The van der Waals surface area contributed by atoms with Gasteiger partial charge in [-0.2, -0.15) is 0 Å². The molecule has 0 saturated heterocycles. The fourth-order valence-electron chi connectivity index (χ4n) is 2.85. The molecule has 0 aliphatic carbocycles. The van der Waals surface area contributed by atoms with Crippen LogP contribution < -0.4 is 20.1 Å². The molecule has 0 fully saturated rings. The Morgan fingerprint density at radius 1 is 1.18 bits per heavy atom. The second-order valence-electron chi connectivity index (χ2n) is 6.23. The maximum atomic E-state index is 5.73. The number of nitrogens with one attached hydrogen (secondary N) is 2. The van der Waals surface area contributed by atoms with Gasteiger partial charge < -0.3 is 24.7 Å². The van der Waals surface area contributed by atoms with Gasteiger partial charge >= 0.3 is 0 Å². The second-order valence-corrected chi connectivity index (χ2v) is 6.23. The second kappa shape index (κ2) is 11.2. The Kier molecular flexibility index (Phi) is 8.58. The quantitative estimate of drug-likeness (QED) is 0.481. The normalized spacial score (nSPS) is 12.5. The lowest BCUT2D eigenvalue weighted by Gasteiger charge is -2.20. The molecule has 0 saturated carbocycles. The highest BCUT2D eigenvalue weighted by molar-refractivity contribution is 5.80. The minimum atomic E-state index is 0.0576. The van der Waals surface area contributed by atoms with Gasteiger partial charge in [0.25, 0.3) is 0 Å². The van der Waals surface area contributed by atoms with E-state index in [0.717, 1.165) is 48.4 Å². The minimum Gasteiger partial charge on any atom is -0.490 e. The fraction of sp³-hybridized carbons (Fsp3) is 0.550. The lowest BCUT2D eigenvalue weighted by Crippen LogP contribution is -2.40. The first kappa shape index (κ1) is 21.5. The summed E-state index contributed by atoms with van der Waals surface area (Å²) in [6, 6.07) is 6.08. The Morgan fingerprint density at radius 3 is 2.61 bits per heavy atom. The van der Waals surface area contributed by atoms with Crippen molar-refractivity contribution in [3.8, 4) is 11.5 Å². The Bertz CT molecular complexity index is 759. The van der Waals surface area contributed by atoms with Gasteiger partial charge in [0.15, 0.2) is 17.5 Å². The van der Waals surface area contributed by atoms with Crippen LogP contribution in [0.5, 0.6) is 11.5 Å². The molecule has 2 rings (SSSR count). The third kappa shape index (κ3) is 5.87. The van der Waals surface area contributed by atoms with Crippen LogP contribution in [-0.2, 0) is 13.0 Å². The third-order valence-corrected chi connectivity index (χ3v) is 4.30. The first-order valence-electron chi connectivity index (χ1n) is 9.86. The molecule has 0 bridgehead atoms. The van der Waals surface area contributed by atoms with Gasteiger partial charge in [0.1, 0.15) is 12.2 Å². The summed E-state index contributed by atoms with van der Waals surface area (Å²) in [6.07, 6.45) is 2.62. The molecule has 28 heavy (non-hydrogen) atoms. The topological polar surface area (TPSA) is 85.6 Å². The highest BCUT2D eigenvalue weighted by Crippen LogP contribution is 2.30. The standard InChI is InChI=1S/C20H32N6O2/c1-6-19-25-23-14-26(19)12-11-22-20(21-5)24-15(4)16-9-10-17(27-7-2)18(13-16)28-8-3/h9-10,13-15H,6-8,11-12H2,1-5H3,(H2,21,22,24). The van der Waals surface area contributed by atoms with Crippen LogP contribution in [0.4, 0.5) is 0 Å². The van der Waals surface area contributed by atoms with E-state index >= 15 is 0 Å². The number of aliphatic imine (C=N–C) groups is 1. The lowest BCUT2D eigenvalue weighted by atomic mass is 10.1. The number of guanidine groups is 1. The van der Waals surface area contributed by atoms with Crippen LogP contribution in [0.3, 0.4) is 0 Å². The van der Waals surface area contributed by atoms with E-state index in [-0.39, 0.29) is 6.04 Å². The molecule has 8 nitrogen and oxygen atoms in total. The number of aryl methyl sites for hydroxylation is 1. The van der Waals surface area contributed by atoms with Crippen LogP contribution in [0.25, 0.3) is 0 Å². The van der Waals surface area contributed by atoms with Crippen molar-refractivity contribution in [2.45, 2.75) is 46.7 Å². The SMILES string of the molecule is CCOc1ccc(C(C)NC(=NC)NCCn2cnnc2CC)cc1OCC. The van der Waals surface area contributed by atoms with Crippen LogP contribution in [0, 0.1) is 0 Å². The van der Waals surface area contributed by atoms with E-state index in [1.54, 1.807) is 13.4 Å². The first-order valence-corrected chi connectivity index (χ1v) is 9.86. The van der Waals surface area contributed by atoms with Gasteiger partial charge in [-0.3, -0.25) is 4.99 Å². The third-order valence-electron chi connectivity index (χ3n) is 4.30. The van der Waals surface area contributed by atoms with Gasteiger partial charge in [-0.25, -0.2) is 0 Å². The fourth-order valence-corrected chi connectivity index (χ4v) is 2.85. The van der Waals surface area contributed by atoms with E-state index in [9.17, 15) is 0 Å². The van der Waals surface area contributed by atoms with Gasteiger partial charge in [-0.1, -0.05) is 13.0 Å². The van der Waals surface area contributed by atoms with Gasteiger partial charge in [0.2, 0.25) is 0 Å². The minimum absolute atomic E-state index is 0.0576. The molecule has 1 aromatic carbocycles. The van der Waals surface area contributed by atoms with Crippen molar-refractivity contribution in [1.29, 1.82) is 0 Å². The van der Waals surface area contributed by atoms with Crippen molar-refractivity contribution in [1.82, 2.24) is 25.4 Å². The number of ether oxygens (including phenoxy) is 2. The molecule has 0 aliphatic rings. The Labute approximate surface area is 167 Å². The van der Waals surface area contributed by atoms with E-state index in [4.69, 9.17) is 9.47 Å². The van der Waals surface area contributed by atoms with E-state index < -0.39 is 0 Å². The number of hydrogen-bond donors (Lipinski definition) is 2. The monoisotopic (exact) mass is 388 g/mol. The molecule has 1 heterocycles. The van der Waals surface area contributed by atoms with Crippen LogP contribution in [0.15, 0.2) is 29.5 Å². The summed E-state index contributed by atoms with van der Waals surface area (Å²) >= 11 is 0. The zero-order valence-electron chi connectivity index (χ0n) is 17.5. The van der Waals surface area contributed by atoms with Crippen molar-refractivity contribution < 1.29 is 9.47 Å². The first-order chi connectivity index (χ1) is 13.6. The number of nitrogens with zero attached hydrogens (tertiary/aromatic N) is 4. The average Bonchev–Trinajstić information content (AvgIpc) is 3.16. The van der Waals surface area contributed by atoms with Crippen LogP contribution in [0.1, 0.15) is 45.1 Å². The predicted molar refractivity (Wildman–Crippen MR) is 111 cm³/mol. The molecule has 0 radical (unpaired) electrons. The molecule has 0 aliphatic heterocycles. The van der Waals surface area contributed by atoms with Gasteiger partial charge in [-0.05, 0) is 38.5 Å². The number of rotatable bonds is 10. The number of aromatic nitrogens is 3. The van der Waals surface area contributed by atoms with E-state index in [1.807, 2.05) is 36.6 Å². The number of hydrogen-bond acceptors (Lipinski definition) is 5. The Balaban J connectivity index is 1.95. The summed E-state index contributed by atoms with van der Waals surface area (Å²) in [4.78, 5) is 4.32. The molecule has 0 spiro atoms. The summed E-state index contributed by atoms with van der Waals surface area (Å²) in [6.45, 7) is 10.8. The summed E-state index contributed by atoms with van der Waals surface area (Å²) in [7, 11) is 1.77. The zero-order valence-corrected chi connectivity index (χ0v) is 17.5. The van der Waals surface area contributed by atoms with E-state index in [1.165, 1.54) is 0 Å². The van der Waals surface area contributed by atoms with Crippen molar-refractivity contribution in [3.05, 3.63) is 35.9 Å². The molecule has 1 aromatic heterocycles. The van der Waals surface area contributed by atoms with E-state index in [2.05, 4.69) is 39.7 Å². The summed E-state index contributed by atoms with van der Waals surface area (Å²) in [5, 5.41) is 14.8. The van der Waals surface area contributed by atoms with Crippen molar-refractivity contribution in [3.63, 3.8) is 0 Å². The van der Waals surface area contributed by atoms with Crippen LogP contribution >= 0.6 is 0 Å². The van der Waals surface area contributed by atoms with E-state index in [0.29, 0.717) is 13.2 Å². The molecule has 2 N–H and O–H groups in total. The van der Waals surface area contributed by atoms with Gasteiger partial charge in [-0.15, -0.1) is 10.2 Å². The van der Waals surface area contributed by atoms with Crippen molar-refractivity contribution >= 4 is 5.96 Å². The molecular weight excluding hydrogens is 356 g/mol. The summed E-state index contributed by atoms with van der Waals surface area (Å²) < 4.78 is 13.4. The van der Waals surface area contributed by atoms with Crippen LogP contribution in [0.2, 0.25) is 0 Å². The number of benzene rings is 1. The van der Waals surface area contributed by atoms with Gasteiger partial charge in [0.05, 0.1) is 19.3 Å². The highest BCUT2D eigenvalue weighted by atomic mass is 16.5. The summed E-state index contributed by atoms with van der Waals surface area (Å²) in [5.41, 5.74) is 1.10. The largest absolute Gasteiger partial charge is 0.490 e. The molecule has 1 unspecified atom stereocenters. The highest BCUT2D eigenvalue weighted by Gasteiger charge is 2.12. The predicted octanol–water partition coefficient (Wildman–Crippen LogP) is 2.56. The lowest BCUT2D eigenvalue weighted by molar-refractivity contribution is 0.287. The molecule has 8 heteroatoms.